The fourth-order valence-electron chi connectivity index (χ4n) is 1.24. The number of rotatable bonds is 2. The summed E-state index contributed by atoms with van der Waals surface area (Å²) in [5.74, 6) is -0.117. The number of aromatic nitrogens is 1. The molecule has 0 bridgehead atoms. The van der Waals surface area contributed by atoms with E-state index in [1.165, 1.54) is 11.5 Å². The first-order chi connectivity index (χ1) is 7.66. The van der Waals surface area contributed by atoms with E-state index in [1.54, 1.807) is 5.38 Å². The van der Waals surface area contributed by atoms with Crippen molar-refractivity contribution >= 4 is 39.1 Å². The Morgan fingerprint density at radius 1 is 1.38 bits per heavy atom. The summed E-state index contributed by atoms with van der Waals surface area (Å²) < 4.78 is 5.05. The lowest BCUT2D eigenvalue weighted by atomic mass is 10.2. The second-order valence-electron chi connectivity index (χ2n) is 3.27. The van der Waals surface area contributed by atoms with E-state index in [1.807, 2.05) is 31.2 Å². The predicted molar refractivity (Wildman–Crippen MR) is 68.9 cm³/mol. The Morgan fingerprint density at radius 3 is 2.62 bits per heavy atom. The number of benzene rings is 1. The molecule has 0 aliphatic heterocycles. The van der Waals surface area contributed by atoms with E-state index in [4.69, 9.17) is 0 Å². The monoisotopic (exact) mass is 296 g/mol. The molecule has 0 fully saturated rings. The Morgan fingerprint density at radius 2 is 2.06 bits per heavy atom. The summed E-state index contributed by atoms with van der Waals surface area (Å²) in [5.41, 5.74) is 2.17. The lowest BCUT2D eigenvalue weighted by Crippen LogP contribution is -2.12. The maximum Gasteiger partial charge on any atom is 0.258 e. The zero-order valence-electron chi connectivity index (χ0n) is 8.53. The van der Waals surface area contributed by atoms with Gasteiger partial charge < -0.3 is 5.32 Å². The topological polar surface area (TPSA) is 42.0 Å². The molecule has 1 aromatic carbocycles. The van der Waals surface area contributed by atoms with Gasteiger partial charge in [0.2, 0.25) is 0 Å². The summed E-state index contributed by atoms with van der Waals surface area (Å²) in [7, 11) is 0. The summed E-state index contributed by atoms with van der Waals surface area (Å²) in [5, 5.41) is 4.57. The van der Waals surface area contributed by atoms with Crippen LogP contribution in [-0.2, 0) is 0 Å². The van der Waals surface area contributed by atoms with Gasteiger partial charge in [-0.15, -0.1) is 0 Å². The highest BCUT2D eigenvalue weighted by molar-refractivity contribution is 9.10. The molecule has 5 heteroatoms. The molecule has 1 amide bonds. The van der Waals surface area contributed by atoms with Crippen molar-refractivity contribution < 1.29 is 4.79 Å². The zero-order valence-corrected chi connectivity index (χ0v) is 10.9. The van der Waals surface area contributed by atoms with Gasteiger partial charge >= 0.3 is 0 Å². The smallest absolute Gasteiger partial charge is 0.258 e. The van der Waals surface area contributed by atoms with E-state index in [0.717, 1.165) is 15.9 Å². The molecule has 0 saturated carbocycles. The van der Waals surface area contributed by atoms with E-state index in [9.17, 15) is 4.79 Å². The second kappa shape index (κ2) is 4.76. The largest absolute Gasteiger partial charge is 0.322 e. The van der Waals surface area contributed by atoms with Crippen molar-refractivity contribution in [3.8, 4) is 0 Å². The van der Waals surface area contributed by atoms with Crippen LogP contribution >= 0.6 is 27.5 Å². The van der Waals surface area contributed by atoms with Crippen LogP contribution < -0.4 is 5.32 Å². The molecule has 0 atom stereocenters. The summed E-state index contributed by atoms with van der Waals surface area (Å²) in [6, 6.07) is 7.46. The SMILES string of the molecule is Cc1nscc1C(=O)Nc1ccc(Br)cc1. The fourth-order valence-corrected chi connectivity index (χ4v) is 2.20. The fraction of sp³-hybridized carbons (Fsp3) is 0.0909. The van der Waals surface area contributed by atoms with Gasteiger partial charge in [0.25, 0.3) is 5.91 Å². The van der Waals surface area contributed by atoms with Gasteiger partial charge in [0, 0.05) is 15.5 Å². The molecule has 0 saturated heterocycles. The number of carbonyl (C=O) groups is 1. The molecular weight excluding hydrogens is 288 g/mol. The van der Waals surface area contributed by atoms with Crippen LogP contribution in [0.2, 0.25) is 0 Å². The van der Waals surface area contributed by atoms with Crippen LogP contribution in [0.3, 0.4) is 0 Å². The molecule has 0 unspecified atom stereocenters. The van der Waals surface area contributed by atoms with Crippen molar-refractivity contribution in [1.29, 1.82) is 0 Å². The van der Waals surface area contributed by atoms with Crippen molar-refractivity contribution in [3.05, 3.63) is 45.4 Å². The van der Waals surface area contributed by atoms with Crippen LogP contribution in [0.4, 0.5) is 5.69 Å². The number of hydrogen-bond acceptors (Lipinski definition) is 3. The van der Waals surface area contributed by atoms with Crippen LogP contribution in [0, 0.1) is 6.92 Å². The third kappa shape index (κ3) is 2.48. The summed E-state index contributed by atoms with van der Waals surface area (Å²) in [4.78, 5) is 11.8. The van der Waals surface area contributed by atoms with Crippen molar-refractivity contribution in [1.82, 2.24) is 4.37 Å². The van der Waals surface area contributed by atoms with Crippen molar-refractivity contribution in [3.63, 3.8) is 0 Å². The standard InChI is InChI=1S/C11H9BrN2OS/c1-7-10(6-16-14-7)11(15)13-9-4-2-8(12)3-5-9/h2-6H,1H3,(H,13,15). The quantitative estimate of drug-likeness (QED) is 0.922. The van der Waals surface area contributed by atoms with Gasteiger partial charge in [0.05, 0.1) is 11.3 Å². The minimum absolute atomic E-state index is 0.117. The second-order valence-corrected chi connectivity index (χ2v) is 4.82. The minimum atomic E-state index is -0.117. The molecule has 0 spiro atoms. The van der Waals surface area contributed by atoms with Crippen molar-refractivity contribution in [2.45, 2.75) is 6.92 Å². The Bertz CT molecular complexity index is 507. The number of amides is 1. The number of carbonyl (C=O) groups excluding carboxylic acids is 1. The van der Waals surface area contributed by atoms with Gasteiger partial charge in [0.15, 0.2) is 0 Å². The summed E-state index contributed by atoms with van der Waals surface area (Å²) in [6.45, 7) is 1.83. The van der Waals surface area contributed by atoms with E-state index < -0.39 is 0 Å². The van der Waals surface area contributed by atoms with Crippen LogP contribution in [-0.4, -0.2) is 10.3 Å². The highest BCUT2D eigenvalue weighted by Crippen LogP contribution is 2.16. The third-order valence-electron chi connectivity index (χ3n) is 2.10. The predicted octanol–water partition coefficient (Wildman–Crippen LogP) is 3.47. The highest BCUT2D eigenvalue weighted by atomic mass is 79.9. The average Bonchev–Trinajstić information content (AvgIpc) is 2.68. The Balaban J connectivity index is 2.14. The number of nitrogens with one attached hydrogen (secondary N) is 1. The van der Waals surface area contributed by atoms with E-state index in [2.05, 4.69) is 25.6 Å². The van der Waals surface area contributed by atoms with Crippen LogP contribution in [0.5, 0.6) is 0 Å². The summed E-state index contributed by atoms with van der Waals surface area (Å²) in [6.07, 6.45) is 0. The van der Waals surface area contributed by atoms with Crippen LogP contribution in [0.25, 0.3) is 0 Å². The average molecular weight is 297 g/mol. The molecule has 3 nitrogen and oxygen atoms in total. The molecule has 0 radical (unpaired) electrons. The number of aryl methyl sites for hydroxylation is 1. The van der Waals surface area contributed by atoms with E-state index >= 15 is 0 Å². The zero-order chi connectivity index (χ0) is 11.5. The molecule has 82 valence electrons. The van der Waals surface area contributed by atoms with Crippen molar-refractivity contribution in [2.75, 3.05) is 5.32 Å². The molecule has 2 rings (SSSR count). The van der Waals surface area contributed by atoms with Crippen molar-refractivity contribution in [2.24, 2.45) is 0 Å². The minimum Gasteiger partial charge on any atom is -0.322 e. The Kier molecular flexibility index (Phi) is 3.36. The van der Waals surface area contributed by atoms with Crippen LogP contribution in [0.1, 0.15) is 16.1 Å². The van der Waals surface area contributed by atoms with Gasteiger partial charge in [-0.05, 0) is 42.7 Å². The molecule has 1 heterocycles. The third-order valence-corrected chi connectivity index (χ3v) is 3.35. The first-order valence-corrected chi connectivity index (χ1v) is 6.27. The maximum absolute atomic E-state index is 11.8. The maximum atomic E-state index is 11.8. The molecule has 0 aliphatic carbocycles. The molecule has 2 aromatic rings. The highest BCUT2D eigenvalue weighted by Gasteiger charge is 2.10. The van der Waals surface area contributed by atoms with Crippen LogP contribution in [0.15, 0.2) is 34.1 Å². The number of anilines is 1. The normalized spacial score (nSPS) is 10.1. The molecule has 1 N–H and O–H groups in total. The van der Waals surface area contributed by atoms with Gasteiger partial charge in [-0.3, -0.25) is 4.79 Å². The van der Waals surface area contributed by atoms with Gasteiger partial charge in [-0.1, -0.05) is 15.9 Å². The van der Waals surface area contributed by atoms with Gasteiger partial charge in [0.1, 0.15) is 0 Å². The lowest BCUT2D eigenvalue weighted by Gasteiger charge is -2.03. The number of halogens is 1. The first kappa shape index (κ1) is 11.3. The molecule has 16 heavy (non-hydrogen) atoms. The van der Waals surface area contributed by atoms with E-state index in [0.29, 0.717) is 5.56 Å². The molecule has 0 aliphatic rings. The van der Waals surface area contributed by atoms with Gasteiger partial charge in [-0.2, -0.15) is 4.37 Å². The molecule has 1 aromatic heterocycles. The lowest BCUT2D eigenvalue weighted by molar-refractivity contribution is 0.102. The summed E-state index contributed by atoms with van der Waals surface area (Å²) >= 11 is 4.63. The van der Waals surface area contributed by atoms with Gasteiger partial charge in [-0.25, -0.2) is 0 Å². The molecular formula is C11H9BrN2OS. The first-order valence-electron chi connectivity index (χ1n) is 4.65. The number of nitrogens with zero attached hydrogens (tertiary/aromatic N) is 1. The Hall–Kier alpha value is -1.20. The number of hydrogen-bond donors (Lipinski definition) is 1. The van der Waals surface area contributed by atoms with E-state index in [-0.39, 0.29) is 5.91 Å². The Labute approximate surface area is 106 Å².